The van der Waals surface area contributed by atoms with Crippen LogP contribution in [0.2, 0.25) is 0 Å². The highest BCUT2D eigenvalue weighted by Gasteiger charge is 2.24. The van der Waals surface area contributed by atoms with Crippen molar-refractivity contribution in [2.75, 3.05) is 0 Å². The first kappa shape index (κ1) is 17.0. The van der Waals surface area contributed by atoms with E-state index in [0.29, 0.717) is 13.0 Å². The summed E-state index contributed by atoms with van der Waals surface area (Å²) in [6, 6.07) is 6.65. The number of carboxylic acids is 1. The van der Waals surface area contributed by atoms with Gasteiger partial charge in [0.1, 0.15) is 6.04 Å². The Labute approximate surface area is 125 Å². The van der Waals surface area contributed by atoms with Crippen molar-refractivity contribution in [1.29, 1.82) is 0 Å². The number of urea groups is 1. The van der Waals surface area contributed by atoms with E-state index in [9.17, 15) is 9.59 Å². The summed E-state index contributed by atoms with van der Waals surface area (Å²) in [4.78, 5) is 22.9. The van der Waals surface area contributed by atoms with Gasteiger partial charge in [0, 0.05) is 6.54 Å². The number of rotatable bonds is 7. The smallest absolute Gasteiger partial charge is 0.326 e. The number of carbonyl (C=O) groups excluding carboxylic acids is 1. The Hall–Kier alpha value is -2.04. The fourth-order valence-corrected chi connectivity index (χ4v) is 1.95. The van der Waals surface area contributed by atoms with Crippen LogP contribution in [-0.4, -0.2) is 23.1 Å². The van der Waals surface area contributed by atoms with E-state index >= 15 is 0 Å². The first-order valence-electron chi connectivity index (χ1n) is 7.32. The van der Waals surface area contributed by atoms with Gasteiger partial charge in [-0.25, -0.2) is 9.59 Å². The maximum absolute atomic E-state index is 11.8. The van der Waals surface area contributed by atoms with Gasteiger partial charge in [-0.3, -0.25) is 0 Å². The molecule has 0 radical (unpaired) electrons. The van der Waals surface area contributed by atoms with Crippen molar-refractivity contribution < 1.29 is 14.7 Å². The van der Waals surface area contributed by atoms with Crippen molar-refractivity contribution in [3.63, 3.8) is 0 Å². The summed E-state index contributed by atoms with van der Waals surface area (Å²) in [5.41, 5.74) is 2.23. The molecule has 3 N–H and O–H groups in total. The van der Waals surface area contributed by atoms with Gasteiger partial charge in [-0.15, -0.1) is 0 Å². The molecule has 21 heavy (non-hydrogen) atoms. The summed E-state index contributed by atoms with van der Waals surface area (Å²) in [6.07, 6.45) is 1.67. The summed E-state index contributed by atoms with van der Waals surface area (Å²) in [5, 5.41) is 14.3. The molecule has 5 nitrogen and oxygen atoms in total. The van der Waals surface area contributed by atoms with Crippen molar-refractivity contribution in [2.45, 2.75) is 46.2 Å². The molecule has 2 amide bonds. The van der Waals surface area contributed by atoms with E-state index in [4.69, 9.17) is 5.11 Å². The second kappa shape index (κ2) is 8.29. The van der Waals surface area contributed by atoms with Crippen LogP contribution in [0.25, 0.3) is 0 Å². The molecular weight excluding hydrogens is 268 g/mol. The van der Waals surface area contributed by atoms with E-state index in [0.717, 1.165) is 12.0 Å². The minimum atomic E-state index is -1.01. The van der Waals surface area contributed by atoms with Gasteiger partial charge < -0.3 is 15.7 Å². The van der Waals surface area contributed by atoms with Gasteiger partial charge in [0.05, 0.1) is 0 Å². The number of aliphatic carboxylic acids is 1. The van der Waals surface area contributed by atoms with Gasteiger partial charge in [0.15, 0.2) is 0 Å². The molecule has 0 aliphatic carbocycles. The van der Waals surface area contributed by atoms with Crippen molar-refractivity contribution in [2.24, 2.45) is 5.92 Å². The Morgan fingerprint density at radius 3 is 2.19 bits per heavy atom. The van der Waals surface area contributed by atoms with E-state index in [-0.39, 0.29) is 5.92 Å². The highest BCUT2D eigenvalue weighted by atomic mass is 16.4. The van der Waals surface area contributed by atoms with Crippen molar-refractivity contribution >= 4 is 12.0 Å². The molecule has 0 aliphatic rings. The molecule has 0 saturated heterocycles. The first-order valence-corrected chi connectivity index (χ1v) is 7.32. The lowest BCUT2D eigenvalue weighted by atomic mass is 9.99. The fourth-order valence-electron chi connectivity index (χ4n) is 1.95. The minimum Gasteiger partial charge on any atom is -0.480 e. The van der Waals surface area contributed by atoms with Crippen LogP contribution in [0.4, 0.5) is 4.79 Å². The van der Waals surface area contributed by atoms with E-state index < -0.39 is 18.0 Å². The van der Waals surface area contributed by atoms with Crippen LogP contribution in [-0.2, 0) is 17.8 Å². The maximum atomic E-state index is 11.8. The quantitative estimate of drug-likeness (QED) is 0.722. The van der Waals surface area contributed by atoms with Crippen LogP contribution in [0.5, 0.6) is 0 Å². The highest BCUT2D eigenvalue weighted by molar-refractivity contribution is 5.82. The molecule has 0 spiro atoms. The van der Waals surface area contributed by atoms with Gasteiger partial charge >= 0.3 is 12.0 Å². The molecule has 5 heteroatoms. The molecule has 1 rings (SSSR count). The lowest BCUT2D eigenvalue weighted by Gasteiger charge is -2.20. The number of amides is 2. The minimum absolute atomic E-state index is 0.114. The maximum Gasteiger partial charge on any atom is 0.326 e. The third kappa shape index (κ3) is 5.45. The molecule has 0 heterocycles. The van der Waals surface area contributed by atoms with Gasteiger partial charge in [-0.2, -0.15) is 0 Å². The normalized spacial score (nSPS) is 13.3. The van der Waals surface area contributed by atoms with Crippen LogP contribution < -0.4 is 10.6 Å². The van der Waals surface area contributed by atoms with Gasteiger partial charge in [-0.05, 0) is 23.5 Å². The zero-order chi connectivity index (χ0) is 15.8. The Kier molecular flexibility index (Phi) is 6.72. The van der Waals surface area contributed by atoms with Crippen molar-refractivity contribution in [1.82, 2.24) is 10.6 Å². The zero-order valence-electron chi connectivity index (χ0n) is 12.8. The van der Waals surface area contributed by atoms with E-state index in [1.54, 1.807) is 0 Å². The molecular formula is C16H24N2O3. The number of carboxylic acid groups (broad SMARTS) is 1. The van der Waals surface area contributed by atoms with Crippen LogP contribution in [0.15, 0.2) is 24.3 Å². The summed E-state index contributed by atoms with van der Waals surface area (Å²) >= 11 is 0. The molecule has 0 fully saturated rings. The van der Waals surface area contributed by atoms with Crippen LogP contribution in [0.1, 0.15) is 38.3 Å². The number of hydrogen-bond acceptors (Lipinski definition) is 2. The Bertz CT molecular complexity index is 471. The van der Waals surface area contributed by atoms with Crippen LogP contribution in [0.3, 0.4) is 0 Å². The van der Waals surface area contributed by atoms with Crippen LogP contribution in [0, 0.1) is 5.92 Å². The average molecular weight is 292 g/mol. The van der Waals surface area contributed by atoms with Crippen molar-refractivity contribution in [3.05, 3.63) is 35.4 Å². The van der Waals surface area contributed by atoms with Crippen molar-refractivity contribution in [3.8, 4) is 0 Å². The molecule has 0 saturated carbocycles. The number of benzene rings is 1. The number of aryl methyl sites for hydroxylation is 1. The molecule has 0 aliphatic heterocycles. The van der Waals surface area contributed by atoms with E-state index in [1.165, 1.54) is 5.56 Å². The second-order valence-electron chi connectivity index (χ2n) is 5.20. The summed E-state index contributed by atoms with van der Waals surface area (Å²) in [7, 11) is 0. The Morgan fingerprint density at radius 1 is 1.14 bits per heavy atom. The predicted octanol–water partition coefficient (Wildman–Crippen LogP) is 2.55. The molecule has 2 atom stereocenters. The van der Waals surface area contributed by atoms with E-state index in [1.807, 2.05) is 38.1 Å². The number of hydrogen-bond donors (Lipinski definition) is 3. The lowest BCUT2D eigenvalue weighted by Crippen LogP contribution is -2.48. The SMILES string of the molecule is CCc1ccc(CNC(=O)NC(C(=O)O)C(C)CC)cc1. The lowest BCUT2D eigenvalue weighted by molar-refractivity contribution is -0.140. The van der Waals surface area contributed by atoms with E-state index in [2.05, 4.69) is 17.6 Å². The van der Waals surface area contributed by atoms with Gasteiger partial charge in [0.25, 0.3) is 0 Å². The topological polar surface area (TPSA) is 78.4 Å². The molecule has 0 bridgehead atoms. The second-order valence-corrected chi connectivity index (χ2v) is 5.20. The molecule has 1 aromatic carbocycles. The summed E-state index contributed by atoms with van der Waals surface area (Å²) in [5.74, 6) is -1.12. The largest absolute Gasteiger partial charge is 0.480 e. The fraction of sp³-hybridized carbons (Fsp3) is 0.500. The predicted molar refractivity (Wildman–Crippen MR) is 82.1 cm³/mol. The molecule has 116 valence electrons. The van der Waals surface area contributed by atoms with Gasteiger partial charge in [0.2, 0.25) is 0 Å². The third-order valence-corrected chi connectivity index (χ3v) is 3.65. The molecule has 2 unspecified atom stereocenters. The Balaban J connectivity index is 2.50. The summed E-state index contributed by atoms with van der Waals surface area (Å²) in [6.45, 7) is 6.17. The van der Waals surface area contributed by atoms with Gasteiger partial charge in [-0.1, -0.05) is 51.5 Å². The zero-order valence-corrected chi connectivity index (χ0v) is 12.8. The molecule has 0 aromatic heterocycles. The third-order valence-electron chi connectivity index (χ3n) is 3.65. The van der Waals surface area contributed by atoms with Crippen LogP contribution >= 0.6 is 0 Å². The standard InChI is InChI=1S/C16H24N2O3/c1-4-11(3)14(15(19)20)18-16(21)17-10-13-8-6-12(5-2)7-9-13/h6-9,11,14H,4-5,10H2,1-3H3,(H,19,20)(H2,17,18,21). The average Bonchev–Trinajstić information content (AvgIpc) is 2.50. The summed E-state index contributed by atoms with van der Waals surface area (Å²) < 4.78 is 0. The number of nitrogens with one attached hydrogen (secondary N) is 2. The highest BCUT2D eigenvalue weighted by Crippen LogP contribution is 2.08. The Morgan fingerprint density at radius 2 is 1.71 bits per heavy atom. The number of carbonyl (C=O) groups is 2. The first-order chi connectivity index (χ1) is 9.97. The molecule has 1 aromatic rings. The monoisotopic (exact) mass is 292 g/mol.